The van der Waals surface area contributed by atoms with E-state index < -0.39 is 0 Å². The Morgan fingerprint density at radius 1 is 1.12 bits per heavy atom. The molecular weight excluding hydrogens is 302 g/mol. The van der Waals surface area contributed by atoms with Crippen LogP contribution in [0, 0.1) is 16.7 Å². The van der Waals surface area contributed by atoms with Crippen LogP contribution in [0.4, 0.5) is 0 Å². The molecule has 0 spiro atoms. The average Bonchev–Trinajstić information content (AvgIpc) is 2.78. The number of nitrogens with zero attached hydrogens (tertiary/aromatic N) is 3. The van der Waals surface area contributed by atoms with Gasteiger partial charge in [-0.15, -0.1) is 0 Å². The fourth-order valence-electron chi connectivity index (χ4n) is 2.84. The third-order valence-corrected chi connectivity index (χ3v) is 4.06. The van der Waals surface area contributed by atoms with Crippen molar-refractivity contribution in [3.05, 3.63) is 35.4 Å². The van der Waals surface area contributed by atoms with Gasteiger partial charge in [0.05, 0.1) is 11.6 Å². The Morgan fingerprint density at radius 3 is 2.46 bits per heavy atom. The lowest BCUT2D eigenvalue weighted by atomic mass is 9.91. The van der Waals surface area contributed by atoms with E-state index in [9.17, 15) is 9.59 Å². The van der Waals surface area contributed by atoms with Crippen LogP contribution in [0.15, 0.2) is 24.3 Å². The van der Waals surface area contributed by atoms with Crippen molar-refractivity contribution in [3.63, 3.8) is 0 Å². The van der Waals surface area contributed by atoms with Crippen molar-refractivity contribution < 1.29 is 9.59 Å². The Bertz CT molecular complexity index is 655. The fourth-order valence-corrected chi connectivity index (χ4v) is 2.84. The van der Waals surface area contributed by atoms with Crippen molar-refractivity contribution in [1.29, 1.82) is 5.26 Å². The molecule has 1 aliphatic rings. The van der Waals surface area contributed by atoms with Crippen molar-refractivity contribution in [2.45, 2.75) is 33.6 Å². The molecule has 1 saturated heterocycles. The molecule has 1 aromatic rings. The molecule has 0 unspecified atom stereocenters. The third kappa shape index (κ3) is 4.82. The summed E-state index contributed by atoms with van der Waals surface area (Å²) in [5.74, 6) is 0.0838. The van der Waals surface area contributed by atoms with Gasteiger partial charge in [-0.1, -0.05) is 26.8 Å². The van der Waals surface area contributed by atoms with Crippen LogP contribution < -0.4 is 0 Å². The lowest BCUT2D eigenvalue weighted by Gasteiger charge is -2.25. The van der Waals surface area contributed by atoms with E-state index in [1.807, 2.05) is 4.90 Å². The molecule has 0 aliphatic carbocycles. The molecule has 128 valence electrons. The molecule has 1 aromatic carbocycles. The molecule has 5 nitrogen and oxygen atoms in total. The summed E-state index contributed by atoms with van der Waals surface area (Å²) < 4.78 is 0. The van der Waals surface area contributed by atoms with Gasteiger partial charge in [0, 0.05) is 38.2 Å². The van der Waals surface area contributed by atoms with Crippen molar-refractivity contribution in [2.75, 3.05) is 26.2 Å². The van der Waals surface area contributed by atoms with Gasteiger partial charge in [-0.05, 0) is 30.0 Å². The maximum atomic E-state index is 12.6. The Kier molecular flexibility index (Phi) is 5.61. The van der Waals surface area contributed by atoms with Crippen molar-refractivity contribution in [2.24, 2.45) is 5.41 Å². The average molecular weight is 327 g/mol. The predicted octanol–water partition coefficient (Wildman–Crippen LogP) is 2.67. The molecule has 5 heteroatoms. The summed E-state index contributed by atoms with van der Waals surface area (Å²) in [6.07, 6.45) is 1.30. The van der Waals surface area contributed by atoms with E-state index in [1.165, 1.54) is 0 Å². The number of carbonyl (C=O) groups is 2. The van der Waals surface area contributed by atoms with Gasteiger partial charge in [-0.2, -0.15) is 5.26 Å². The molecule has 24 heavy (non-hydrogen) atoms. The zero-order valence-corrected chi connectivity index (χ0v) is 14.7. The van der Waals surface area contributed by atoms with Crippen LogP contribution in [0.25, 0.3) is 0 Å². The van der Waals surface area contributed by atoms with Crippen molar-refractivity contribution in [1.82, 2.24) is 9.80 Å². The number of rotatable bonds is 2. The van der Waals surface area contributed by atoms with Gasteiger partial charge >= 0.3 is 0 Å². The Balaban J connectivity index is 2.01. The zero-order valence-electron chi connectivity index (χ0n) is 14.7. The van der Waals surface area contributed by atoms with E-state index >= 15 is 0 Å². The zero-order chi connectivity index (χ0) is 17.7. The lowest BCUT2D eigenvalue weighted by molar-refractivity contribution is -0.132. The first-order chi connectivity index (χ1) is 11.3. The lowest BCUT2D eigenvalue weighted by Crippen LogP contribution is -2.38. The number of nitriles is 1. The summed E-state index contributed by atoms with van der Waals surface area (Å²) in [6.45, 7) is 8.60. The van der Waals surface area contributed by atoms with Crippen LogP contribution in [-0.4, -0.2) is 47.8 Å². The number of hydrogen-bond acceptors (Lipinski definition) is 3. The Hall–Kier alpha value is -2.35. The normalized spacial score (nSPS) is 15.6. The first kappa shape index (κ1) is 18.0. The molecular formula is C19H25N3O2. The summed E-state index contributed by atoms with van der Waals surface area (Å²) in [4.78, 5) is 28.7. The highest BCUT2D eigenvalue weighted by molar-refractivity contribution is 5.94. The molecule has 0 bridgehead atoms. The van der Waals surface area contributed by atoms with Crippen LogP contribution >= 0.6 is 0 Å². The highest BCUT2D eigenvalue weighted by Crippen LogP contribution is 2.20. The molecule has 0 N–H and O–H groups in total. The van der Waals surface area contributed by atoms with E-state index in [1.54, 1.807) is 29.2 Å². The van der Waals surface area contributed by atoms with Gasteiger partial charge in [0.1, 0.15) is 0 Å². The van der Waals surface area contributed by atoms with Crippen molar-refractivity contribution >= 4 is 11.8 Å². The van der Waals surface area contributed by atoms with Gasteiger partial charge in [0.2, 0.25) is 5.91 Å². The standard InChI is InChI=1S/C19H25N3O2/c1-19(2,3)13-17(23)21-8-5-9-22(11-10-21)18(24)16-7-4-6-15(12-16)14-20/h4,6-7,12H,5,8-11,13H2,1-3H3. The van der Waals surface area contributed by atoms with Crippen LogP contribution in [0.3, 0.4) is 0 Å². The molecule has 0 radical (unpaired) electrons. The summed E-state index contributed by atoms with van der Waals surface area (Å²) in [5.41, 5.74) is 0.984. The number of carbonyl (C=O) groups excluding carboxylic acids is 2. The highest BCUT2D eigenvalue weighted by Gasteiger charge is 2.25. The molecule has 1 fully saturated rings. The fraction of sp³-hybridized carbons (Fsp3) is 0.526. The highest BCUT2D eigenvalue weighted by atomic mass is 16.2. The van der Waals surface area contributed by atoms with Crippen LogP contribution in [-0.2, 0) is 4.79 Å². The van der Waals surface area contributed by atoms with Crippen molar-refractivity contribution in [3.8, 4) is 6.07 Å². The number of amides is 2. The van der Waals surface area contributed by atoms with Crippen LogP contribution in [0.1, 0.15) is 49.5 Å². The summed E-state index contributed by atoms with van der Waals surface area (Å²) >= 11 is 0. The molecule has 1 aliphatic heterocycles. The minimum atomic E-state index is -0.0720. The summed E-state index contributed by atoms with van der Waals surface area (Å²) in [7, 11) is 0. The van der Waals surface area contributed by atoms with E-state index in [0.29, 0.717) is 43.7 Å². The minimum absolute atomic E-state index is 0.0311. The van der Waals surface area contributed by atoms with Gasteiger partial charge in [-0.25, -0.2) is 0 Å². The second-order valence-electron chi connectivity index (χ2n) is 7.46. The molecule has 0 aromatic heterocycles. The molecule has 0 atom stereocenters. The molecule has 1 heterocycles. The SMILES string of the molecule is CC(C)(C)CC(=O)N1CCCN(C(=O)c2cccc(C#N)c2)CC1. The second kappa shape index (κ2) is 7.48. The smallest absolute Gasteiger partial charge is 0.253 e. The Labute approximate surface area is 143 Å². The topological polar surface area (TPSA) is 64.4 Å². The van der Waals surface area contributed by atoms with Gasteiger partial charge in [0.15, 0.2) is 0 Å². The van der Waals surface area contributed by atoms with Gasteiger partial charge in [0.25, 0.3) is 5.91 Å². The van der Waals surface area contributed by atoms with E-state index in [2.05, 4.69) is 26.8 Å². The first-order valence-corrected chi connectivity index (χ1v) is 8.37. The van der Waals surface area contributed by atoms with E-state index in [-0.39, 0.29) is 17.2 Å². The van der Waals surface area contributed by atoms with Gasteiger partial charge in [-0.3, -0.25) is 9.59 Å². The monoisotopic (exact) mass is 327 g/mol. The number of benzene rings is 1. The van der Waals surface area contributed by atoms with E-state index in [0.717, 1.165) is 6.42 Å². The molecule has 2 amide bonds. The maximum absolute atomic E-state index is 12.6. The number of hydrogen-bond donors (Lipinski definition) is 0. The quantitative estimate of drug-likeness (QED) is 0.839. The third-order valence-electron chi connectivity index (χ3n) is 4.06. The van der Waals surface area contributed by atoms with Crippen LogP contribution in [0.2, 0.25) is 0 Å². The van der Waals surface area contributed by atoms with Crippen LogP contribution in [0.5, 0.6) is 0 Å². The maximum Gasteiger partial charge on any atom is 0.253 e. The second-order valence-corrected chi connectivity index (χ2v) is 7.46. The molecule has 0 saturated carbocycles. The molecule has 2 rings (SSSR count). The largest absolute Gasteiger partial charge is 0.341 e. The first-order valence-electron chi connectivity index (χ1n) is 8.37. The van der Waals surface area contributed by atoms with E-state index in [4.69, 9.17) is 5.26 Å². The summed E-state index contributed by atoms with van der Waals surface area (Å²) in [5, 5.41) is 8.97. The van der Waals surface area contributed by atoms with Gasteiger partial charge < -0.3 is 9.80 Å². The Morgan fingerprint density at radius 2 is 1.79 bits per heavy atom. The predicted molar refractivity (Wildman–Crippen MR) is 92.3 cm³/mol. The minimum Gasteiger partial charge on any atom is -0.341 e. The summed E-state index contributed by atoms with van der Waals surface area (Å²) in [6, 6.07) is 8.82.